The number of hydrogen-bond acceptors (Lipinski definition) is 3. The Bertz CT molecular complexity index is 497. The zero-order valence-corrected chi connectivity index (χ0v) is 12.1. The number of rotatable bonds is 6. The summed E-state index contributed by atoms with van der Waals surface area (Å²) in [5, 5.41) is 14.0. The molecule has 0 fully saturated rings. The molecule has 0 aliphatic rings. The molecule has 7 heteroatoms. The fourth-order valence-electron chi connectivity index (χ4n) is 1.59. The first kappa shape index (κ1) is 16.3. The van der Waals surface area contributed by atoms with Crippen molar-refractivity contribution in [1.82, 2.24) is 5.32 Å². The average Bonchev–Trinajstić information content (AvgIpc) is 2.35. The second-order valence-electron chi connectivity index (χ2n) is 4.25. The first-order chi connectivity index (χ1) is 9.45. The number of carboxylic acid groups (broad SMARTS) is 1. The minimum atomic E-state index is -1.42. The van der Waals surface area contributed by atoms with Gasteiger partial charge in [-0.3, -0.25) is 0 Å². The fourth-order valence-corrected chi connectivity index (χ4v) is 2.18. The number of nitrogens with one attached hydrogen (secondary N) is 2. The molecule has 0 spiro atoms. The summed E-state index contributed by atoms with van der Waals surface area (Å²) in [6, 6.07) is 3.12. The molecule has 1 aromatic rings. The van der Waals surface area contributed by atoms with E-state index in [0.29, 0.717) is 0 Å². The molecule has 1 aromatic carbocycles. The fraction of sp³-hybridized carbons (Fsp3) is 0.385. The second-order valence-corrected chi connectivity index (χ2v) is 5.23. The molecule has 1 unspecified atom stereocenters. The van der Waals surface area contributed by atoms with E-state index in [4.69, 9.17) is 5.11 Å². The van der Waals surface area contributed by atoms with Crippen LogP contribution in [0, 0.1) is 5.82 Å². The Morgan fingerprint density at radius 2 is 2.15 bits per heavy atom. The van der Waals surface area contributed by atoms with Crippen LogP contribution in [0.2, 0.25) is 0 Å². The second kappa shape index (κ2) is 7.74. The molecule has 110 valence electrons. The number of halogens is 1. The minimum Gasteiger partial charge on any atom is -0.478 e. The standard InChI is InChI=1S/C13H17FN2O3S/c1-8(6-7-20-2)15-13(19)16-10-5-3-4-9(14)11(10)12(17)18/h3-5,8H,6-7H2,1-2H3,(H,17,18)(H2,15,16,19). The highest BCUT2D eigenvalue weighted by Crippen LogP contribution is 2.18. The molecular formula is C13H17FN2O3S. The van der Waals surface area contributed by atoms with Crippen LogP contribution in [0.15, 0.2) is 18.2 Å². The van der Waals surface area contributed by atoms with E-state index >= 15 is 0 Å². The molecule has 3 N–H and O–H groups in total. The molecule has 1 atom stereocenters. The Morgan fingerprint density at radius 3 is 2.75 bits per heavy atom. The van der Waals surface area contributed by atoms with Gasteiger partial charge in [-0.25, -0.2) is 14.0 Å². The first-order valence-electron chi connectivity index (χ1n) is 6.04. The van der Waals surface area contributed by atoms with Gasteiger partial charge in [0, 0.05) is 6.04 Å². The summed E-state index contributed by atoms with van der Waals surface area (Å²) < 4.78 is 13.4. The third-order valence-electron chi connectivity index (χ3n) is 2.61. The van der Waals surface area contributed by atoms with Crippen LogP contribution in [0.25, 0.3) is 0 Å². The number of carbonyl (C=O) groups excluding carboxylic acids is 1. The summed E-state index contributed by atoms with van der Waals surface area (Å²) in [5.74, 6) is -1.40. The van der Waals surface area contributed by atoms with Gasteiger partial charge in [0.25, 0.3) is 0 Å². The van der Waals surface area contributed by atoms with Gasteiger partial charge in [-0.2, -0.15) is 11.8 Å². The number of carboxylic acids is 1. The van der Waals surface area contributed by atoms with Gasteiger partial charge in [-0.15, -0.1) is 0 Å². The Labute approximate surface area is 120 Å². The summed E-state index contributed by atoms with van der Waals surface area (Å²) in [6.45, 7) is 1.85. The largest absolute Gasteiger partial charge is 0.478 e. The van der Waals surface area contributed by atoms with Crippen molar-refractivity contribution in [2.24, 2.45) is 0 Å². The molecule has 0 bridgehead atoms. The van der Waals surface area contributed by atoms with Crippen molar-refractivity contribution in [3.05, 3.63) is 29.6 Å². The van der Waals surface area contributed by atoms with Crippen LogP contribution in [0.1, 0.15) is 23.7 Å². The maximum atomic E-state index is 13.4. The first-order valence-corrected chi connectivity index (χ1v) is 7.43. The Morgan fingerprint density at radius 1 is 1.45 bits per heavy atom. The van der Waals surface area contributed by atoms with Gasteiger partial charge in [0.15, 0.2) is 0 Å². The van der Waals surface area contributed by atoms with E-state index in [2.05, 4.69) is 10.6 Å². The SMILES string of the molecule is CSCCC(C)NC(=O)Nc1cccc(F)c1C(=O)O. The highest BCUT2D eigenvalue weighted by molar-refractivity contribution is 7.98. The molecule has 0 aliphatic heterocycles. The van der Waals surface area contributed by atoms with Crippen LogP contribution in [0.4, 0.5) is 14.9 Å². The van der Waals surface area contributed by atoms with Gasteiger partial charge < -0.3 is 15.7 Å². The molecule has 20 heavy (non-hydrogen) atoms. The summed E-state index contributed by atoms with van der Waals surface area (Å²) in [4.78, 5) is 22.7. The van der Waals surface area contributed by atoms with E-state index < -0.39 is 23.4 Å². The van der Waals surface area contributed by atoms with Crippen LogP contribution in [-0.2, 0) is 0 Å². The molecular weight excluding hydrogens is 283 g/mol. The number of anilines is 1. The zero-order chi connectivity index (χ0) is 15.1. The molecule has 0 aliphatic carbocycles. The maximum absolute atomic E-state index is 13.4. The molecule has 0 heterocycles. The lowest BCUT2D eigenvalue weighted by molar-refractivity contribution is 0.0693. The Balaban J connectivity index is 2.71. The lowest BCUT2D eigenvalue weighted by Gasteiger charge is -2.15. The topological polar surface area (TPSA) is 78.4 Å². The molecule has 5 nitrogen and oxygen atoms in total. The number of amides is 2. The third-order valence-corrected chi connectivity index (χ3v) is 3.25. The van der Waals surface area contributed by atoms with Crippen molar-refractivity contribution in [2.45, 2.75) is 19.4 Å². The molecule has 1 rings (SSSR count). The summed E-state index contributed by atoms with van der Waals surface area (Å²) in [6.07, 6.45) is 2.77. The molecule has 0 radical (unpaired) electrons. The summed E-state index contributed by atoms with van der Waals surface area (Å²) >= 11 is 1.67. The number of hydrogen-bond donors (Lipinski definition) is 3. The van der Waals surface area contributed by atoms with Crippen LogP contribution in [0.5, 0.6) is 0 Å². The summed E-state index contributed by atoms with van der Waals surface area (Å²) in [5.41, 5.74) is -0.605. The van der Waals surface area contributed by atoms with E-state index in [0.717, 1.165) is 18.2 Å². The van der Waals surface area contributed by atoms with E-state index in [9.17, 15) is 14.0 Å². The number of carbonyl (C=O) groups is 2. The highest BCUT2D eigenvalue weighted by Gasteiger charge is 2.17. The number of benzene rings is 1. The van der Waals surface area contributed by atoms with Crippen molar-refractivity contribution >= 4 is 29.4 Å². The van der Waals surface area contributed by atoms with Gasteiger partial charge in [0.05, 0.1) is 5.69 Å². The van der Waals surface area contributed by atoms with Gasteiger partial charge in [-0.1, -0.05) is 6.07 Å². The van der Waals surface area contributed by atoms with Crippen LogP contribution in [-0.4, -0.2) is 35.2 Å². The van der Waals surface area contributed by atoms with Crippen molar-refractivity contribution in [3.63, 3.8) is 0 Å². The van der Waals surface area contributed by atoms with Crippen LogP contribution >= 0.6 is 11.8 Å². The Hall–Kier alpha value is -1.76. The van der Waals surface area contributed by atoms with E-state index in [-0.39, 0.29) is 11.7 Å². The number of thioether (sulfide) groups is 1. The quantitative estimate of drug-likeness (QED) is 0.755. The van der Waals surface area contributed by atoms with Crippen molar-refractivity contribution in [3.8, 4) is 0 Å². The van der Waals surface area contributed by atoms with Gasteiger partial charge in [0.2, 0.25) is 0 Å². The smallest absolute Gasteiger partial charge is 0.340 e. The van der Waals surface area contributed by atoms with Crippen molar-refractivity contribution < 1.29 is 19.1 Å². The van der Waals surface area contributed by atoms with Gasteiger partial charge >= 0.3 is 12.0 Å². The number of aromatic carboxylic acids is 1. The summed E-state index contributed by atoms with van der Waals surface area (Å²) in [7, 11) is 0. The lowest BCUT2D eigenvalue weighted by atomic mass is 10.1. The third kappa shape index (κ3) is 4.73. The minimum absolute atomic E-state index is 0.0516. The normalized spacial score (nSPS) is 11.8. The van der Waals surface area contributed by atoms with Crippen LogP contribution < -0.4 is 10.6 Å². The highest BCUT2D eigenvalue weighted by atomic mass is 32.2. The predicted molar refractivity (Wildman–Crippen MR) is 78.0 cm³/mol. The van der Waals surface area contributed by atoms with Crippen molar-refractivity contribution in [1.29, 1.82) is 0 Å². The lowest BCUT2D eigenvalue weighted by Crippen LogP contribution is -2.36. The molecule has 0 saturated carbocycles. The molecule has 0 saturated heterocycles. The Kier molecular flexibility index (Phi) is 6.30. The zero-order valence-electron chi connectivity index (χ0n) is 11.3. The van der Waals surface area contributed by atoms with Crippen LogP contribution in [0.3, 0.4) is 0 Å². The average molecular weight is 300 g/mol. The van der Waals surface area contributed by atoms with E-state index in [1.165, 1.54) is 12.1 Å². The van der Waals surface area contributed by atoms with E-state index in [1.54, 1.807) is 11.8 Å². The van der Waals surface area contributed by atoms with E-state index in [1.807, 2.05) is 13.2 Å². The predicted octanol–water partition coefficient (Wildman–Crippen LogP) is 2.79. The van der Waals surface area contributed by atoms with Gasteiger partial charge in [0.1, 0.15) is 11.4 Å². The number of urea groups is 1. The molecule has 2 amide bonds. The van der Waals surface area contributed by atoms with Crippen molar-refractivity contribution in [2.75, 3.05) is 17.3 Å². The van der Waals surface area contributed by atoms with Gasteiger partial charge in [-0.05, 0) is 37.5 Å². The maximum Gasteiger partial charge on any atom is 0.340 e. The molecule has 0 aromatic heterocycles. The monoisotopic (exact) mass is 300 g/mol.